The monoisotopic (exact) mass is 411 g/mol. The van der Waals surface area contributed by atoms with E-state index in [1.807, 2.05) is 0 Å². The number of carbonyl (C=O) groups is 1. The lowest BCUT2D eigenvalue weighted by atomic mass is 9.87. The van der Waals surface area contributed by atoms with Crippen LogP contribution in [-0.2, 0) is 0 Å². The number of alkyl halides is 2. The molecule has 0 saturated heterocycles. The molecule has 0 bridgehead atoms. The van der Waals surface area contributed by atoms with Gasteiger partial charge in [-0.1, -0.05) is 11.6 Å². The first-order chi connectivity index (χ1) is 12.8. The number of fused-ring (bicyclic) bond motifs is 1. The quantitative estimate of drug-likeness (QED) is 0.692. The van der Waals surface area contributed by atoms with Gasteiger partial charge < -0.3 is 11.1 Å². The Morgan fingerprint density at radius 1 is 1.48 bits per heavy atom. The van der Waals surface area contributed by atoms with Crippen molar-refractivity contribution < 1.29 is 13.6 Å². The number of hydrogen-bond acceptors (Lipinski definition) is 5. The summed E-state index contributed by atoms with van der Waals surface area (Å²) in [5.41, 5.74) is 7.77. The van der Waals surface area contributed by atoms with Gasteiger partial charge in [0.2, 0.25) is 0 Å². The number of nitrogens with two attached hydrogens (primary N) is 1. The molecule has 0 aliphatic heterocycles. The van der Waals surface area contributed by atoms with Crippen LogP contribution in [0.3, 0.4) is 0 Å². The van der Waals surface area contributed by atoms with Gasteiger partial charge in [0.05, 0.1) is 17.4 Å². The third kappa shape index (κ3) is 3.42. The zero-order valence-corrected chi connectivity index (χ0v) is 15.6. The molecule has 6 nitrogen and oxygen atoms in total. The van der Waals surface area contributed by atoms with Crippen molar-refractivity contribution in [1.82, 2.24) is 19.9 Å². The second-order valence-electron chi connectivity index (χ2n) is 6.54. The summed E-state index contributed by atoms with van der Waals surface area (Å²) >= 11 is 7.11. The molecule has 3 N–H and O–H groups in total. The third-order valence-electron chi connectivity index (χ3n) is 4.68. The van der Waals surface area contributed by atoms with E-state index in [1.54, 1.807) is 34.4 Å². The molecule has 0 aromatic carbocycles. The molecule has 0 radical (unpaired) electrons. The van der Waals surface area contributed by atoms with Crippen LogP contribution in [-0.4, -0.2) is 38.5 Å². The molecule has 142 valence electrons. The van der Waals surface area contributed by atoms with Gasteiger partial charge in [0.25, 0.3) is 11.8 Å². The van der Waals surface area contributed by atoms with Crippen LogP contribution in [0.1, 0.15) is 29.1 Å². The standard InChI is InChI=1S/C17H16ClF2N5OS/c18-9-3-5-25-13(6-9)10(7-22-25)12-8-27-16(23-12)15(26)24-14-11(21)2-1-4-17(14,19)20/h3,5-8,11,14H,1-2,4,21H2,(H,24,26)/t11-,14-/m1/s1. The first kappa shape index (κ1) is 18.3. The summed E-state index contributed by atoms with van der Waals surface area (Å²) in [7, 11) is 0. The molecule has 2 atom stereocenters. The van der Waals surface area contributed by atoms with E-state index < -0.39 is 23.9 Å². The number of aromatic nitrogens is 3. The number of halogens is 3. The number of nitrogens with one attached hydrogen (secondary N) is 1. The fourth-order valence-corrected chi connectivity index (χ4v) is 4.16. The van der Waals surface area contributed by atoms with Gasteiger partial charge >= 0.3 is 0 Å². The topological polar surface area (TPSA) is 85.3 Å². The highest BCUT2D eigenvalue weighted by Crippen LogP contribution is 2.33. The van der Waals surface area contributed by atoms with Crippen LogP contribution in [0.15, 0.2) is 29.9 Å². The molecule has 1 saturated carbocycles. The van der Waals surface area contributed by atoms with Gasteiger partial charge in [0, 0.05) is 34.6 Å². The number of rotatable bonds is 3. The fraction of sp³-hybridized carbons (Fsp3) is 0.353. The first-order valence-electron chi connectivity index (χ1n) is 8.38. The molecule has 3 aromatic heterocycles. The van der Waals surface area contributed by atoms with Gasteiger partial charge in [-0.3, -0.25) is 4.79 Å². The normalized spacial score (nSPS) is 22.1. The Morgan fingerprint density at radius 2 is 2.30 bits per heavy atom. The molecule has 3 heterocycles. The van der Waals surface area contributed by atoms with E-state index in [4.69, 9.17) is 17.3 Å². The van der Waals surface area contributed by atoms with Crippen LogP contribution < -0.4 is 11.1 Å². The highest BCUT2D eigenvalue weighted by Gasteiger charge is 2.46. The smallest absolute Gasteiger partial charge is 0.280 e. The Morgan fingerprint density at radius 3 is 3.07 bits per heavy atom. The van der Waals surface area contributed by atoms with Crippen molar-refractivity contribution in [3.05, 3.63) is 39.9 Å². The molecular formula is C17H16ClF2N5OS. The predicted octanol–water partition coefficient (Wildman–Crippen LogP) is 3.36. The number of thiazole rings is 1. The number of carbonyl (C=O) groups excluding carboxylic acids is 1. The van der Waals surface area contributed by atoms with Crippen molar-refractivity contribution in [3.63, 3.8) is 0 Å². The fourth-order valence-electron chi connectivity index (χ4n) is 3.28. The molecule has 0 unspecified atom stereocenters. The molecule has 27 heavy (non-hydrogen) atoms. The minimum absolute atomic E-state index is 0.0972. The highest BCUT2D eigenvalue weighted by atomic mass is 35.5. The molecule has 10 heteroatoms. The number of pyridine rings is 1. The lowest BCUT2D eigenvalue weighted by Crippen LogP contribution is -2.59. The molecule has 4 rings (SSSR count). The van der Waals surface area contributed by atoms with Crippen molar-refractivity contribution in [3.8, 4) is 11.3 Å². The molecular weight excluding hydrogens is 396 g/mol. The van der Waals surface area contributed by atoms with E-state index in [2.05, 4.69) is 15.4 Å². The molecule has 1 aliphatic carbocycles. The minimum Gasteiger partial charge on any atom is -0.340 e. The third-order valence-corrected chi connectivity index (χ3v) is 5.75. The van der Waals surface area contributed by atoms with Gasteiger partial charge in [0.15, 0.2) is 5.01 Å². The van der Waals surface area contributed by atoms with Gasteiger partial charge in [-0.15, -0.1) is 11.3 Å². The molecule has 1 fully saturated rings. The van der Waals surface area contributed by atoms with Crippen LogP contribution in [0.25, 0.3) is 16.8 Å². The van der Waals surface area contributed by atoms with Crippen LogP contribution in [0.2, 0.25) is 5.02 Å². The second kappa shape index (κ2) is 6.81. The van der Waals surface area contributed by atoms with Crippen molar-refractivity contribution in [2.75, 3.05) is 0 Å². The summed E-state index contributed by atoms with van der Waals surface area (Å²) in [5, 5.41) is 8.92. The number of amides is 1. The SMILES string of the molecule is N[C@@H]1CCCC(F)(F)[C@@H]1NC(=O)c1nc(-c2cnn3ccc(Cl)cc23)cs1. The van der Waals surface area contributed by atoms with E-state index in [9.17, 15) is 13.6 Å². The Balaban J connectivity index is 1.58. The maximum absolute atomic E-state index is 14.1. The molecule has 3 aromatic rings. The van der Waals surface area contributed by atoms with Gasteiger partial charge in [-0.2, -0.15) is 5.10 Å². The Bertz CT molecular complexity index is 1000. The Kier molecular flexibility index (Phi) is 4.61. The Labute approximate surface area is 162 Å². The molecule has 0 spiro atoms. The van der Waals surface area contributed by atoms with E-state index >= 15 is 0 Å². The summed E-state index contributed by atoms with van der Waals surface area (Å²) in [5.74, 6) is -3.67. The van der Waals surface area contributed by atoms with Gasteiger partial charge in [-0.25, -0.2) is 18.3 Å². The van der Waals surface area contributed by atoms with Crippen molar-refractivity contribution in [1.29, 1.82) is 0 Å². The van der Waals surface area contributed by atoms with Crippen molar-refractivity contribution in [2.45, 2.75) is 37.3 Å². The zero-order chi connectivity index (χ0) is 19.2. The van der Waals surface area contributed by atoms with Crippen LogP contribution in [0.4, 0.5) is 8.78 Å². The van der Waals surface area contributed by atoms with Crippen LogP contribution in [0.5, 0.6) is 0 Å². The summed E-state index contributed by atoms with van der Waals surface area (Å²) < 4.78 is 29.8. The van der Waals surface area contributed by atoms with E-state index in [1.165, 1.54) is 0 Å². The lowest BCUT2D eigenvalue weighted by Gasteiger charge is -2.36. The Hall–Kier alpha value is -2.10. The van der Waals surface area contributed by atoms with Gasteiger partial charge in [0.1, 0.15) is 6.04 Å². The maximum atomic E-state index is 14.1. The summed E-state index contributed by atoms with van der Waals surface area (Å²) in [6.45, 7) is 0. The maximum Gasteiger partial charge on any atom is 0.280 e. The number of nitrogens with zero attached hydrogens (tertiary/aromatic N) is 3. The zero-order valence-electron chi connectivity index (χ0n) is 14.0. The lowest BCUT2D eigenvalue weighted by molar-refractivity contribution is -0.0674. The van der Waals surface area contributed by atoms with E-state index in [-0.39, 0.29) is 11.4 Å². The van der Waals surface area contributed by atoms with Crippen LogP contribution >= 0.6 is 22.9 Å². The predicted molar refractivity (Wildman–Crippen MR) is 99.3 cm³/mol. The number of hydrogen-bond donors (Lipinski definition) is 2. The minimum atomic E-state index is -3.02. The average molecular weight is 412 g/mol. The highest BCUT2D eigenvalue weighted by molar-refractivity contribution is 7.12. The molecule has 1 amide bonds. The largest absolute Gasteiger partial charge is 0.340 e. The second-order valence-corrected chi connectivity index (χ2v) is 7.83. The first-order valence-corrected chi connectivity index (χ1v) is 9.64. The van der Waals surface area contributed by atoms with E-state index in [0.717, 1.165) is 16.9 Å². The molecule has 1 aliphatic rings. The van der Waals surface area contributed by atoms with Crippen molar-refractivity contribution >= 4 is 34.4 Å². The van der Waals surface area contributed by atoms with Crippen molar-refractivity contribution in [2.24, 2.45) is 5.73 Å². The summed E-state index contributed by atoms with van der Waals surface area (Å²) in [4.78, 5) is 16.7. The summed E-state index contributed by atoms with van der Waals surface area (Å²) in [6, 6.07) is 1.28. The average Bonchev–Trinajstić information content (AvgIpc) is 3.24. The van der Waals surface area contributed by atoms with Crippen LogP contribution in [0, 0.1) is 0 Å². The van der Waals surface area contributed by atoms with Gasteiger partial charge in [-0.05, 0) is 25.0 Å². The summed E-state index contributed by atoms with van der Waals surface area (Å²) in [6.07, 6.45) is 3.85. The van der Waals surface area contributed by atoms with E-state index in [0.29, 0.717) is 29.1 Å².